The first-order chi connectivity index (χ1) is 23.4. The fourth-order valence-electron chi connectivity index (χ4n) is 7.50. The molecule has 0 spiro atoms. The highest BCUT2D eigenvalue weighted by molar-refractivity contribution is 7.52. The molecule has 3 aliphatic heterocycles. The Labute approximate surface area is 283 Å². The van der Waals surface area contributed by atoms with E-state index in [0.717, 1.165) is 52.8 Å². The van der Waals surface area contributed by atoms with E-state index in [9.17, 15) is 33.0 Å². The van der Waals surface area contributed by atoms with Crippen LogP contribution in [-0.2, 0) is 19.8 Å². The zero-order valence-electron chi connectivity index (χ0n) is 26.1. The van der Waals surface area contributed by atoms with Crippen molar-refractivity contribution in [1.29, 1.82) is 5.26 Å². The largest absolute Gasteiger partial charge is 0.399 e. The Hall–Kier alpha value is -4.22. The molecule has 0 aliphatic carbocycles. The van der Waals surface area contributed by atoms with E-state index in [1.165, 1.54) is 12.1 Å². The Bertz CT molecular complexity index is 2060. The van der Waals surface area contributed by atoms with Crippen molar-refractivity contribution in [3.05, 3.63) is 64.7 Å². The topological polar surface area (TPSA) is 180 Å². The highest BCUT2D eigenvalue weighted by atomic mass is 32.1. The van der Waals surface area contributed by atoms with E-state index in [0.29, 0.717) is 36.9 Å². The molecule has 3 saturated heterocycles. The molecular formula is C33H33F2N6O6PS. The monoisotopic (exact) mass is 710 g/mol. The molecule has 2 aromatic heterocycles. The van der Waals surface area contributed by atoms with Gasteiger partial charge in [-0.1, -0.05) is 31.0 Å². The molecule has 49 heavy (non-hydrogen) atoms. The van der Waals surface area contributed by atoms with Crippen molar-refractivity contribution in [2.75, 3.05) is 13.1 Å². The minimum atomic E-state index is -5.77. The molecule has 256 valence electrons. The Morgan fingerprint density at radius 2 is 1.86 bits per heavy atom. The fraction of sp³-hybridized carbons (Fsp3) is 0.424. The molecule has 3 fully saturated rings. The molecule has 4 N–H and O–H groups in total. The van der Waals surface area contributed by atoms with Gasteiger partial charge in [0.15, 0.2) is 0 Å². The average Bonchev–Trinajstić information content (AvgIpc) is 3.88. The van der Waals surface area contributed by atoms with Gasteiger partial charge in [0.2, 0.25) is 11.8 Å². The first-order valence-electron chi connectivity index (χ1n) is 16.1. The third kappa shape index (κ3) is 6.01. The summed E-state index contributed by atoms with van der Waals surface area (Å²) >= 11 is 1.01. The van der Waals surface area contributed by atoms with Crippen LogP contribution in [-0.4, -0.2) is 78.7 Å². The third-order valence-corrected chi connectivity index (χ3v) is 12.2. The van der Waals surface area contributed by atoms with Gasteiger partial charge in [-0.3, -0.25) is 24.0 Å². The summed E-state index contributed by atoms with van der Waals surface area (Å²) in [5.74, 6) is -1.77. The summed E-state index contributed by atoms with van der Waals surface area (Å²) in [5.41, 5.74) is -3.48. The average molecular weight is 711 g/mol. The van der Waals surface area contributed by atoms with Crippen molar-refractivity contribution in [3.8, 4) is 6.07 Å². The van der Waals surface area contributed by atoms with E-state index >= 15 is 0 Å². The molecule has 16 heteroatoms. The van der Waals surface area contributed by atoms with E-state index in [2.05, 4.69) is 21.6 Å². The quantitative estimate of drug-likeness (QED) is 0.206. The number of hydrogen-bond acceptors (Lipinski definition) is 7. The number of nitriles is 1. The second-order valence-electron chi connectivity index (χ2n) is 13.1. The van der Waals surface area contributed by atoms with Gasteiger partial charge >= 0.3 is 13.3 Å². The number of nitrogens with zero attached hydrogens (tertiary/aromatic N) is 4. The number of amides is 3. The maximum atomic E-state index is 14.3. The van der Waals surface area contributed by atoms with Gasteiger partial charge in [0, 0.05) is 40.7 Å². The lowest BCUT2D eigenvalue weighted by molar-refractivity contribution is -0.146. The van der Waals surface area contributed by atoms with Crippen LogP contribution in [0.3, 0.4) is 0 Å². The third-order valence-electron chi connectivity index (χ3n) is 10.1. The molecule has 0 saturated carbocycles. The summed E-state index contributed by atoms with van der Waals surface area (Å²) < 4.78 is 40.5. The van der Waals surface area contributed by atoms with Gasteiger partial charge in [-0.25, -0.2) is 0 Å². The highest BCUT2D eigenvalue weighted by Gasteiger charge is 2.51. The number of fused-ring (bicyclic) bond motifs is 3. The lowest BCUT2D eigenvalue weighted by atomic mass is 9.89. The lowest BCUT2D eigenvalue weighted by Crippen LogP contribution is -2.56. The van der Waals surface area contributed by atoms with E-state index in [1.54, 1.807) is 16.0 Å². The number of nitrogens with one attached hydrogen (secondary N) is 2. The zero-order valence-corrected chi connectivity index (χ0v) is 27.8. The molecule has 5 atom stereocenters. The standard InChI is InChI=1S/C33H33F2N6O6PS/c34-33(35,48(45,46)47)22-7-10-28-20(11-22)13-29(49-28)30(42)38-25-4-2-1-3-23-8-9-27(41(23)31(25)43)32(44)40-16-21(14-36)24(17-40)18-5-6-19-15-37-39-26(19)12-18/h5-7,10-13,15,21,23-25,27H,1-4,8-9,16-17H2,(H,37,39)(H,38,42)(H2,45,46,47)/t21-,23-,24?,25-,27-/m0/s1. The number of carbonyl (C=O) groups excluding carboxylic acids is 3. The smallest absolute Gasteiger partial charge is 0.340 e. The number of aromatic amines is 1. The first-order valence-corrected chi connectivity index (χ1v) is 18.5. The Kier molecular flexibility index (Phi) is 8.55. The molecule has 3 aliphatic rings. The molecule has 4 aromatic rings. The molecule has 3 amide bonds. The molecule has 0 radical (unpaired) electrons. The summed E-state index contributed by atoms with van der Waals surface area (Å²) in [6, 6.07) is 10.9. The van der Waals surface area contributed by atoms with Gasteiger partial charge in [-0.05, 0) is 60.9 Å². The van der Waals surface area contributed by atoms with Gasteiger partial charge < -0.3 is 24.9 Å². The summed E-state index contributed by atoms with van der Waals surface area (Å²) in [6.07, 6.45) is 5.43. The number of halogens is 2. The molecule has 0 bridgehead atoms. The van der Waals surface area contributed by atoms with Crippen molar-refractivity contribution >= 4 is 57.6 Å². The van der Waals surface area contributed by atoms with Crippen LogP contribution in [0.1, 0.15) is 65.2 Å². The number of alkyl halides is 2. The Balaban J connectivity index is 1.08. The van der Waals surface area contributed by atoms with E-state index in [4.69, 9.17) is 9.79 Å². The predicted octanol–water partition coefficient (Wildman–Crippen LogP) is 4.80. The molecular weight excluding hydrogens is 677 g/mol. The lowest BCUT2D eigenvalue weighted by Gasteiger charge is -2.36. The maximum absolute atomic E-state index is 14.3. The maximum Gasteiger partial charge on any atom is 0.399 e. The normalized spacial score (nSPS) is 24.9. The summed E-state index contributed by atoms with van der Waals surface area (Å²) in [7, 11) is -5.77. The molecule has 5 heterocycles. The van der Waals surface area contributed by atoms with Crippen molar-refractivity contribution in [1.82, 2.24) is 25.3 Å². The van der Waals surface area contributed by atoms with Gasteiger partial charge in [-0.15, -0.1) is 11.3 Å². The van der Waals surface area contributed by atoms with E-state index < -0.39 is 42.7 Å². The number of thiophene rings is 1. The van der Waals surface area contributed by atoms with Crippen molar-refractivity contribution in [2.45, 2.75) is 68.2 Å². The van der Waals surface area contributed by atoms with E-state index in [1.807, 2.05) is 18.2 Å². The van der Waals surface area contributed by atoms with Gasteiger partial charge in [0.1, 0.15) is 12.1 Å². The van der Waals surface area contributed by atoms with Gasteiger partial charge in [-0.2, -0.15) is 19.1 Å². The van der Waals surface area contributed by atoms with Crippen LogP contribution in [0.2, 0.25) is 0 Å². The second-order valence-corrected chi connectivity index (χ2v) is 15.8. The Morgan fingerprint density at radius 3 is 2.63 bits per heavy atom. The second kappa shape index (κ2) is 12.6. The fourth-order valence-corrected chi connectivity index (χ4v) is 8.92. The highest BCUT2D eigenvalue weighted by Crippen LogP contribution is 2.59. The molecule has 2 aromatic carbocycles. The van der Waals surface area contributed by atoms with Crippen molar-refractivity contribution in [3.63, 3.8) is 0 Å². The molecule has 1 unspecified atom stereocenters. The van der Waals surface area contributed by atoms with Gasteiger partial charge in [0.05, 0.1) is 28.6 Å². The van der Waals surface area contributed by atoms with Crippen LogP contribution in [0.4, 0.5) is 8.78 Å². The summed E-state index contributed by atoms with van der Waals surface area (Å²) in [4.78, 5) is 63.4. The Morgan fingerprint density at radius 1 is 1.06 bits per heavy atom. The number of aromatic nitrogens is 2. The van der Waals surface area contributed by atoms with Crippen LogP contribution in [0.5, 0.6) is 0 Å². The number of benzene rings is 2. The molecule has 7 rings (SSSR count). The minimum absolute atomic E-state index is 0.145. The van der Waals surface area contributed by atoms with Gasteiger partial charge in [0.25, 0.3) is 5.91 Å². The number of carbonyl (C=O) groups is 3. The number of H-pyrrole nitrogens is 1. The predicted molar refractivity (Wildman–Crippen MR) is 176 cm³/mol. The zero-order chi connectivity index (χ0) is 34.7. The van der Waals surface area contributed by atoms with Crippen LogP contribution in [0.25, 0.3) is 21.0 Å². The SMILES string of the molecule is N#C[C@H]1CN(C(=O)[C@@H]2CC[C@@H]3CCCC[C@H](NC(=O)c4cc5cc(C(F)(F)P(=O)(O)O)ccc5s4)C(=O)N32)CC1c1ccc2cn[nH]c2c1. The van der Waals surface area contributed by atoms with Crippen molar-refractivity contribution in [2.24, 2.45) is 5.92 Å². The minimum Gasteiger partial charge on any atom is -0.340 e. The number of hydrogen-bond donors (Lipinski definition) is 4. The summed E-state index contributed by atoms with van der Waals surface area (Å²) in [5, 5.41) is 21.0. The van der Waals surface area contributed by atoms with E-state index in [-0.39, 0.29) is 40.6 Å². The summed E-state index contributed by atoms with van der Waals surface area (Å²) in [6.45, 7) is 0.589. The van der Waals surface area contributed by atoms with Crippen molar-refractivity contribution < 1.29 is 37.5 Å². The number of rotatable bonds is 6. The van der Waals surface area contributed by atoms with Crippen LogP contribution >= 0.6 is 18.9 Å². The van der Waals surface area contributed by atoms with Crippen LogP contribution < -0.4 is 5.32 Å². The number of likely N-dealkylation sites (tertiary alicyclic amines) is 1. The first kappa shape index (κ1) is 33.3. The molecule has 12 nitrogen and oxygen atoms in total. The van der Waals surface area contributed by atoms with Crippen LogP contribution in [0, 0.1) is 17.2 Å². The van der Waals surface area contributed by atoms with Crippen LogP contribution in [0.15, 0.2) is 48.7 Å².